The summed E-state index contributed by atoms with van der Waals surface area (Å²) in [4.78, 5) is 13.8. The number of pyridine rings is 1. The number of rotatable bonds is 6. The molecule has 0 fully saturated rings. The molecular weight excluding hydrogens is 403 g/mol. The highest BCUT2D eigenvalue weighted by molar-refractivity contribution is 5.86. The molecule has 4 rings (SSSR count). The monoisotopic (exact) mass is 419 g/mol. The summed E-state index contributed by atoms with van der Waals surface area (Å²) in [5, 5.41) is 26.4. The van der Waals surface area contributed by atoms with E-state index < -0.39 is 17.8 Å². The Morgan fingerprint density at radius 2 is 1.94 bits per heavy atom. The van der Waals surface area contributed by atoms with E-state index in [1.807, 2.05) is 0 Å². The summed E-state index contributed by atoms with van der Waals surface area (Å²) in [5.74, 6) is -1.22. The second-order valence-corrected chi connectivity index (χ2v) is 6.49. The van der Waals surface area contributed by atoms with E-state index in [4.69, 9.17) is 15.9 Å². The minimum atomic E-state index is -0.884. The van der Waals surface area contributed by atoms with E-state index in [2.05, 4.69) is 25.1 Å². The lowest BCUT2D eigenvalue weighted by molar-refractivity contribution is -0.214. The van der Waals surface area contributed by atoms with Gasteiger partial charge in [-0.15, -0.1) is 0 Å². The second-order valence-electron chi connectivity index (χ2n) is 6.49. The Morgan fingerprint density at radius 3 is 2.61 bits per heavy atom. The maximum Gasteiger partial charge on any atom is 0.258 e. The summed E-state index contributed by atoms with van der Waals surface area (Å²) in [6, 6.07) is 7.20. The minimum absolute atomic E-state index is 0.0168. The van der Waals surface area contributed by atoms with E-state index in [1.54, 1.807) is 19.1 Å². The number of hydrogen-bond donors (Lipinski definition) is 2. The molecule has 3 aromatic heterocycles. The lowest BCUT2D eigenvalue weighted by Crippen LogP contribution is -2.18. The van der Waals surface area contributed by atoms with Gasteiger partial charge in [-0.05, 0) is 37.3 Å². The van der Waals surface area contributed by atoms with Crippen LogP contribution < -0.4 is 15.6 Å². The van der Waals surface area contributed by atoms with Crippen LogP contribution in [-0.2, 0) is 0 Å². The van der Waals surface area contributed by atoms with Crippen molar-refractivity contribution in [3.8, 4) is 22.8 Å². The van der Waals surface area contributed by atoms with Gasteiger partial charge in [0.1, 0.15) is 11.9 Å². The maximum absolute atomic E-state index is 13.9. The molecule has 1 atom stereocenters. The van der Waals surface area contributed by atoms with Gasteiger partial charge in [0, 0.05) is 23.2 Å². The van der Waals surface area contributed by atoms with Gasteiger partial charge in [-0.1, -0.05) is 0 Å². The van der Waals surface area contributed by atoms with Gasteiger partial charge in [-0.2, -0.15) is 15.0 Å². The molecule has 0 aliphatic heterocycles. The van der Waals surface area contributed by atoms with Crippen molar-refractivity contribution >= 4 is 11.7 Å². The molecule has 31 heavy (non-hydrogen) atoms. The summed E-state index contributed by atoms with van der Waals surface area (Å²) in [5.41, 5.74) is 7.94. The van der Waals surface area contributed by atoms with Crippen LogP contribution in [-0.4, -0.2) is 35.8 Å². The molecule has 0 aliphatic carbocycles. The van der Waals surface area contributed by atoms with Crippen LogP contribution in [0, 0.1) is 11.2 Å². The Balaban J connectivity index is 1.65. The first kappa shape index (κ1) is 19.9. The molecule has 0 amide bonds. The highest BCUT2D eigenvalue weighted by Crippen LogP contribution is 2.29. The van der Waals surface area contributed by atoms with E-state index in [0.717, 1.165) is 0 Å². The normalized spacial score (nSPS) is 11.8. The summed E-state index contributed by atoms with van der Waals surface area (Å²) in [6.07, 6.45) is 5.21. The second kappa shape index (κ2) is 8.14. The fourth-order valence-corrected chi connectivity index (χ4v) is 2.89. The molecule has 0 spiro atoms. The zero-order valence-corrected chi connectivity index (χ0v) is 16.2. The van der Waals surface area contributed by atoms with E-state index in [9.17, 15) is 9.50 Å². The Hall–Kier alpha value is -4.41. The molecule has 3 heterocycles. The van der Waals surface area contributed by atoms with E-state index in [1.165, 1.54) is 47.8 Å². The molecule has 3 N–H and O–H groups in total. The van der Waals surface area contributed by atoms with Gasteiger partial charge >= 0.3 is 0 Å². The van der Waals surface area contributed by atoms with Crippen molar-refractivity contribution in [3.63, 3.8) is 0 Å². The molecule has 0 saturated heterocycles. The van der Waals surface area contributed by atoms with Crippen LogP contribution in [0.4, 0.5) is 10.2 Å². The number of nitrogen functional groups attached to an aromatic ring is 1. The first-order valence-corrected chi connectivity index (χ1v) is 9.10. The van der Waals surface area contributed by atoms with Crippen LogP contribution in [0.2, 0.25) is 0 Å². The van der Waals surface area contributed by atoms with Crippen LogP contribution in [0.15, 0.2) is 55.1 Å². The Bertz CT molecular complexity index is 1230. The lowest BCUT2D eigenvalue weighted by atomic mass is 10.1. The number of nitrogens with zero attached hydrogens (tertiary/aromatic N) is 6. The first-order valence-electron chi connectivity index (χ1n) is 9.10. The molecular formula is C20H16FN8O2-. The third-order valence-corrected chi connectivity index (χ3v) is 4.41. The maximum atomic E-state index is 13.9. The largest absolute Gasteiger partial charge is 0.858 e. The average Bonchev–Trinajstić information content (AvgIpc) is 3.30. The van der Waals surface area contributed by atoms with Gasteiger partial charge in [0.05, 0.1) is 35.7 Å². The highest BCUT2D eigenvalue weighted by atomic mass is 19.1. The quantitative estimate of drug-likeness (QED) is 0.354. The molecule has 0 bridgehead atoms. The van der Waals surface area contributed by atoms with Crippen LogP contribution in [0.3, 0.4) is 0 Å². The number of hydrogen-bond acceptors (Lipinski definition) is 9. The third-order valence-electron chi connectivity index (χ3n) is 4.41. The number of aromatic nitrogens is 6. The van der Waals surface area contributed by atoms with E-state index >= 15 is 0 Å². The van der Waals surface area contributed by atoms with Gasteiger partial charge in [0.25, 0.3) is 5.88 Å². The fraction of sp³-hybridized carbons (Fsp3) is 0.100. The molecule has 0 radical (unpaired) electrons. The van der Waals surface area contributed by atoms with Crippen LogP contribution in [0.1, 0.15) is 24.3 Å². The van der Waals surface area contributed by atoms with E-state index in [-0.39, 0.29) is 17.4 Å². The smallest absolute Gasteiger partial charge is 0.258 e. The van der Waals surface area contributed by atoms with E-state index in [0.29, 0.717) is 22.5 Å². The molecule has 10 nitrogen and oxygen atoms in total. The molecule has 11 heteroatoms. The van der Waals surface area contributed by atoms with Crippen molar-refractivity contribution in [3.05, 3.63) is 72.2 Å². The number of anilines is 1. The summed E-state index contributed by atoms with van der Waals surface area (Å²) in [7, 11) is 0. The molecule has 4 aromatic rings. The van der Waals surface area contributed by atoms with Crippen LogP contribution in [0.5, 0.6) is 5.88 Å². The fourth-order valence-electron chi connectivity index (χ4n) is 2.89. The zero-order chi connectivity index (χ0) is 22.0. The van der Waals surface area contributed by atoms with Crippen molar-refractivity contribution in [1.29, 1.82) is 5.41 Å². The number of nitrogens with one attached hydrogen (secondary N) is 1. The highest BCUT2D eigenvalue weighted by Gasteiger charge is 2.19. The van der Waals surface area contributed by atoms with Gasteiger partial charge in [0.15, 0.2) is 5.82 Å². The van der Waals surface area contributed by atoms with Crippen molar-refractivity contribution in [2.24, 2.45) is 0 Å². The standard InChI is InChI=1S/C20H17FN8O2/c1-11(14-8-13(21)3-5-17(14)29-26-6-7-27-29)31-20-18(22)25-10-16(28-20)12-2-4-15(19(23)30)24-9-12/h2-11H,1H3,(H2,22,25)(H2,23,30)/p-1/t11-/m1/s1. The molecule has 0 saturated carbocycles. The first-order chi connectivity index (χ1) is 14.9. The Morgan fingerprint density at radius 1 is 1.16 bits per heavy atom. The Labute approximate surface area is 175 Å². The van der Waals surface area contributed by atoms with Gasteiger partial charge in [-0.3, -0.25) is 4.98 Å². The van der Waals surface area contributed by atoms with Crippen molar-refractivity contribution in [2.75, 3.05) is 5.73 Å². The molecule has 0 unspecified atom stereocenters. The van der Waals surface area contributed by atoms with Gasteiger partial charge < -0.3 is 21.0 Å². The topological polar surface area (TPSA) is 152 Å². The SMILES string of the molecule is C[C@@H](Oc1nc(-c2ccc(C(=N)[O-])nc2)cnc1N)c1cc(F)ccc1-n1nccn1. The number of halogens is 1. The molecule has 1 aromatic carbocycles. The molecule has 0 aliphatic rings. The van der Waals surface area contributed by atoms with Gasteiger partial charge in [-0.25, -0.2) is 14.4 Å². The average molecular weight is 419 g/mol. The summed E-state index contributed by atoms with van der Waals surface area (Å²) >= 11 is 0. The van der Waals surface area contributed by atoms with Crippen LogP contribution >= 0.6 is 0 Å². The predicted octanol–water partition coefficient (Wildman–Crippen LogP) is 1.67. The molecule has 156 valence electrons. The predicted molar refractivity (Wildman–Crippen MR) is 107 cm³/mol. The summed E-state index contributed by atoms with van der Waals surface area (Å²) in [6.45, 7) is 1.71. The lowest BCUT2D eigenvalue weighted by Gasteiger charge is -2.18. The zero-order valence-electron chi connectivity index (χ0n) is 16.2. The Kier molecular flexibility index (Phi) is 5.22. The van der Waals surface area contributed by atoms with Gasteiger partial charge in [0.2, 0.25) is 0 Å². The number of benzene rings is 1. The van der Waals surface area contributed by atoms with Crippen molar-refractivity contribution in [2.45, 2.75) is 13.0 Å². The van der Waals surface area contributed by atoms with Crippen molar-refractivity contribution < 1.29 is 14.2 Å². The summed E-state index contributed by atoms with van der Waals surface area (Å²) < 4.78 is 19.8. The van der Waals surface area contributed by atoms with Crippen LogP contribution in [0.25, 0.3) is 16.9 Å². The third kappa shape index (κ3) is 4.15. The van der Waals surface area contributed by atoms with Crippen molar-refractivity contribution in [1.82, 2.24) is 29.9 Å². The number of nitrogens with two attached hydrogens (primary N) is 1. The number of ether oxygens (including phenoxy) is 1. The minimum Gasteiger partial charge on any atom is -0.858 e.